The lowest BCUT2D eigenvalue weighted by molar-refractivity contribution is -0.136. The van der Waals surface area contributed by atoms with Crippen LogP contribution in [0.15, 0.2) is 41.3 Å². The van der Waals surface area contributed by atoms with E-state index >= 15 is 0 Å². The molecule has 9 nitrogen and oxygen atoms in total. The van der Waals surface area contributed by atoms with Gasteiger partial charge in [0.25, 0.3) is 5.89 Å². The van der Waals surface area contributed by atoms with Gasteiger partial charge in [-0.25, -0.2) is 0 Å². The maximum Gasteiger partial charge on any atom is 0.258 e. The third kappa shape index (κ3) is 4.42. The number of amides is 1. The highest BCUT2D eigenvalue weighted by Gasteiger charge is 2.25. The molecule has 1 amide bonds. The normalized spacial score (nSPS) is 17.0. The van der Waals surface area contributed by atoms with Crippen LogP contribution < -0.4 is 0 Å². The van der Waals surface area contributed by atoms with E-state index in [2.05, 4.69) is 20.2 Å². The molecule has 4 rings (SSSR count). The Morgan fingerprint density at radius 1 is 1.32 bits per heavy atom. The minimum Gasteiger partial charge on any atom is -0.368 e. The van der Waals surface area contributed by atoms with Gasteiger partial charge in [-0.3, -0.25) is 14.5 Å². The topological polar surface area (TPSA) is 99.2 Å². The first-order chi connectivity index (χ1) is 13.7. The molecule has 1 atom stereocenters. The average molecular weight is 382 g/mol. The average Bonchev–Trinajstić information content (AvgIpc) is 3.36. The Hall–Kier alpha value is -3.07. The first-order valence-electron chi connectivity index (χ1n) is 9.30. The number of nitrogens with zero attached hydrogens (tertiary/aromatic N) is 6. The van der Waals surface area contributed by atoms with Gasteiger partial charge in [0.2, 0.25) is 5.91 Å². The first kappa shape index (κ1) is 18.3. The highest BCUT2D eigenvalue weighted by molar-refractivity contribution is 5.76. The number of aryl methyl sites for hydroxylation is 1. The van der Waals surface area contributed by atoms with Crippen LogP contribution in [-0.4, -0.2) is 54.9 Å². The summed E-state index contributed by atoms with van der Waals surface area (Å²) in [6.45, 7) is 3.71. The smallest absolute Gasteiger partial charge is 0.258 e. The van der Waals surface area contributed by atoms with Crippen molar-refractivity contribution < 1.29 is 14.1 Å². The summed E-state index contributed by atoms with van der Waals surface area (Å²) >= 11 is 0. The first-order valence-corrected chi connectivity index (χ1v) is 9.30. The molecule has 146 valence electrons. The van der Waals surface area contributed by atoms with Gasteiger partial charge in [0.1, 0.15) is 13.2 Å². The van der Waals surface area contributed by atoms with Crippen LogP contribution in [0.1, 0.15) is 24.4 Å². The van der Waals surface area contributed by atoms with Crippen molar-refractivity contribution in [1.29, 1.82) is 0 Å². The Labute approximate surface area is 162 Å². The molecule has 0 saturated carbocycles. The largest absolute Gasteiger partial charge is 0.368 e. The third-order valence-electron chi connectivity index (χ3n) is 4.65. The summed E-state index contributed by atoms with van der Waals surface area (Å²) in [5.74, 6) is 0.981. The predicted octanol–water partition coefficient (Wildman–Crippen LogP) is 1.84. The van der Waals surface area contributed by atoms with E-state index in [0.29, 0.717) is 18.3 Å². The Kier molecular flexibility index (Phi) is 5.43. The Bertz CT molecular complexity index is 923. The van der Waals surface area contributed by atoms with E-state index in [4.69, 9.17) is 9.26 Å². The molecule has 0 radical (unpaired) electrons. The summed E-state index contributed by atoms with van der Waals surface area (Å²) in [6.07, 6.45) is 6.94. The number of pyridine rings is 1. The van der Waals surface area contributed by atoms with Crippen LogP contribution in [0.2, 0.25) is 0 Å². The molecule has 1 aliphatic rings. The van der Waals surface area contributed by atoms with Crippen molar-refractivity contribution in [2.45, 2.75) is 39.0 Å². The van der Waals surface area contributed by atoms with Gasteiger partial charge in [-0.05, 0) is 38.0 Å². The van der Waals surface area contributed by atoms with Crippen molar-refractivity contribution in [2.75, 3.05) is 13.1 Å². The van der Waals surface area contributed by atoms with E-state index in [0.717, 1.165) is 30.6 Å². The van der Waals surface area contributed by atoms with Gasteiger partial charge >= 0.3 is 0 Å². The molecule has 0 bridgehead atoms. The summed E-state index contributed by atoms with van der Waals surface area (Å²) < 4.78 is 12.9. The highest BCUT2D eigenvalue weighted by Crippen LogP contribution is 2.18. The molecule has 0 N–H and O–H groups in total. The minimum atomic E-state index is -0.0417. The van der Waals surface area contributed by atoms with Crippen molar-refractivity contribution in [3.05, 3.63) is 48.3 Å². The van der Waals surface area contributed by atoms with Gasteiger partial charge in [0.15, 0.2) is 5.82 Å². The van der Waals surface area contributed by atoms with E-state index in [1.54, 1.807) is 17.1 Å². The number of likely N-dealkylation sites (tertiary alicyclic amines) is 1. The molecule has 1 unspecified atom stereocenters. The molecule has 3 aromatic heterocycles. The molecule has 1 fully saturated rings. The molecule has 0 aliphatic carbocycles. The Morgan fingerprint density at radius 2 is 2.18 bits per heavy atom. The molecule has 28 heavy (non-hydrogen) atoms. The number of hydrogen-bond acceptors (Lipinski definition) is 7. The molecular formula is C19H22N6O3. The van der Waals surface area contributed by atoms with Gasteiger partial charge in [-0.2, -0.15) is 10.1 Å². The van der Waals surface area contributed by atoms with Crippen molar-refractivity contribution in [1.82, 2.24) is 29.8 Å². The number of piperidine rings is 1. The SMILES string of the molecule is Cc1ccn(CC(=O)N2CCCC(OCc3noc(-c4ccncc4)n3)C2)n1. The van der Waals surface area contributed by atoms with Crippen LogP contribution in [0, 0.1) is 6.92 Å². The fourth-order valence-electron chi connectivity index (χ4n) is 3.21. The van der Waals surface area contributed by atoms with Crippen LogP contribution in [-0.2, 0) is 22.7 Å². The molecule has 4 heterocycles. The number of rotatable bonds is 6. The summed E-state index contributed by atoms with van der Waals surface area (Å²) in [4.78, 5) is 22.7. The van der Waals surface area contributed by atoms with Gasteiger partial charge < -0.3 is 14.2 Å². The zero-order chi connectivity index (χ0) is 19.3. The van der Waals surface area contributed by atoms with Crippen molar-refractivity contribution in [3.63, 3.8) is 0 Å². The van der Waals surface area contributed by atoms with Crippen LogP contribution in [0.4, 0.5) is 0 Å². The minimum absolute atomic E-state index is 0.0417. The molecule has 1 saturated heterocycles. The van der Waals surface area contributed by atoms with E-state index < -0.39 is 0 Å². The lowest BCUT2D eigenvalue weighted by Gasteiger charge is -2.32. The lowest BCUT2D eigenvalue weighted by Crippen LogP contribution is -2.44. The zero-order valence-corrected chi connectivity index (χ0v) is 15.7. The second-order valence-corrected chi connectivity index (χ2v) is 6.82. The number of carbonyl (C=O) groups is 1. The summed E-state index contributed by atoms with van der Waals surface area (Å²) in [5.41, 5.74) is 1.72. The molecule has 0 aromatic carbocycles. The van der Waals surface area contributed by atoms with Crippen LogP contribution in [0.25, 0.3) is 11.5 Å². The second kappa shape index (κ2) is 8.30. The van der Waals surface area contributed by atoms with E-state index in [1.807, 2.05) is 36.2 Å². The zero-order valence-electron chi connectivity index (χ0n) is 15.7. The molecule has 9 heteroatoms. The maximum absolute atomic E-state index is 12.5. The highest BCUT2D eigenvalue weighted by atomic mass is 16.5. The van der Waals surface area contributed by atoms with Crippen LogP contribution in [0.3, 0.4) is 0 Å². The molecule has 3 aromatic rings. The van der Waals surface area contributed by atoms with Gasteiger partial charge in [-0.1, -0.05) is 5.16 Å². The van der Waals surface area contributed by atoms with Crippen molar-refractivity contribution in [3.8, 4) is 11.5 Å². The number of hydrogen-bond donors (Lipinski definition) is 0. The van der Waals surface area contributed by atoms with E-state index in [-0.39, 0.29) is 25.2 Å². The summed E-state index contributed by atoms with van der Waals surface area (Å²) in [6, 6.07) is 5.51. The maximum atomic E-state index is 12.5. The molecule has 1 aliphatic heterocycles. The quantitative estimate of drug-likeness (QED) is 0.641. The lowest BCUT2D eigenvalue weighted by atomic mass is 10.1. The standard InChI is InChI=1S/C19H22N6O3/c1-14-6-10-25(22-14)12-18(26)24-9-2-3-16(11-24)27-13-17-21-19(28-23-17)15-4-7-20-8-5-15/h4-8,10,16H,2-3,9,11-13H2,1H3. The fraction of sp³-hybridized carbons (Fsp3) is 0.421. The predicted molar refractivity (Wildman–Crippen MR) is 98.9 cm³/mol. The third-order valence-corrected chi connectivity index (χ3v) is 4.65. The van der Waals surface area contributed by atoms with E-state index in [9.17, 15) is 4.79 Å². The van der Waals surface area contributed by atoms with Gasteiger partial charge in [0.05, 0.1) is 11.8 Å². The fourth-order valence-corrected chi connectivity index (χ4v) is 3.21. The number of carbonyl (C=O) groups excluding carboxylic acids is 1. The van der Waals surface area contributed by atoms with Gasteiger partial charge in [-0.15, -0.1) is 0 Å². The monoisotopic (exact) mass is 382 g/mol. The Balaban J connectivity index is 1.29. The van der Waals surface area contributed by atoms with Gasteiger partial charge in [0, 0.05) is 37.2 Å². The van der Waals surface area contributed by atoms with Crippen molar-refractivity contribution in [2.24, 2.45) is 0 Å². The number of aromatic nitrogens is 5. The molecular weight excluding hydrogens is 360 g/mol. The summed E-state index contributed by atoms with van der Waals surface area (Å²) in [5, 5.41) is 8.24. The summed E-state index contributed by atoms with van der Waals surface area (Å²) in [7, 11) is 0. The molecule has 0 spiro atoms. The second-order valence-electron chi connectivity index (χ2n) is 6.82. The van der Waals surface area contributed by atoms with Crippen LogP contribution in [0.5, 0.6) is 0 Å². The Morgan fingerprint density at radius 3 is 2.96 bits per heavy atom. The van der Waals surface area contributed by atoms with E-state index in [1.165, 1.54) is 0 Å². The van der Waals surface area contributed by atoms with Crippen LogP contribution >= 0.6 is 0 Å². The number of ether oxygens (including phenoxy) is 1. The van der Waals surface area contributed by atoms with Crippen molar-refractivity contribution >= 4 is 5.91 Å².